The van der Waals surface area contributed by atoms with Gasteiger partial charge >= 0.3 is 12.0 Å². The maximum Gasteiger partial charge on any atom is 0.324 e. The molecule has 1 heterocycles. The van der Waals surface area contributed by atoms with Crippen LogP contribution in [0.4, 0.5) is 9.18 Å². The van der Waals surface area contributed by atoms with Crippen LogP contribution < -0.4 is 5.32 Å². The summed E-state index contributed by atoms with van der Waals surface area (Å²) >= 11 is 0. The van der Waals surface area contributed by atoms with E-state index < -0.39 is 35.2 Å². The van der Waals surface area contributed by atoms with E-state index in [-0.39, 0.29) is 6.54 Å². The topological polar surface area (TPSA) is 75.7 Å². The van der Waals surface area contributed by atoms with E-state index in [1.165, 1.54) is 13.0 Å². The zero-order chi connectivity index (χ0) is 18.0. The molecule has 0 spiro atoms. The molecular weight excluding hydrogens is 327 g/mol. The van der Waals surface area contributed by atoms with Crippen molar-refractivity contribution in [3.8, 4) is 0 Å². The van der Waals surface area contributed by atoms with Crippen LogP contribution in [-0.4, -0.2) is 42.0 Å². The van der Waals surface area contributed by atoms with Crippen molar-refractivity contribution in [1.29, 1.82) is 0 Å². The zero-order valence-corrected chi connectivity index (χ0v) is 14.1. The highest BCUT2D eigenvalue weighted by atomic mass is 19.1. The van der Waals surface area contributed by atoms with Crippen molar-refractivity contribution in [2.45, 2.75) is 44.1 Å². The van der Waals surface area contributed by atoms with E-state index in [9.17, 15) is 18.8 Å². The Labute approximate surface area is 145 Å². The Bertz CT molecular complexity index is 700. The minimum atomic E-state index is -1.10. The lowest BCUT2D eigenvalue weighted by atomic mass is 9.78. The summed E-state index contributed by atoms with van der Waals surface area (Å²) in [6.45, 7) is 2.07. The van der Waals surface area contributed by atoms with Crippen LogP contribution in [0.5, 0.6) is 0 Å². The number of urea groups is 1. The second kappa shape index (κ2) is 6.82. The molecule has 1 aromatic carbocycles. The Morgan fingerprint density at radius 2 is 1.96 bits per heavy atom. The largest absolute Gasteiger partial charge is 0.452 e. The molecule has 1 saturated heterocycles. The second-order valence-electron chi connectivity index (χ2n) is 6.54. The summed E-state index contributed by atoms with van der Waals surface area (Å²) in [6.07, 6.45) is 1.46. The minimum absolute atomic E-state index is 0.248. The van der Waals surface area contributed by atoms with Crippen LogP contribution >= 0.6 is 0 Å². The van der Waals surface area contributed by atoms with Gasteiger partial charge in [0, 0.05) is 18.7 Å². The number of rotatable bonds is 4. The van der Waals surface area contributed by atoms with Gasteiger partial charge in [0.1, 0.15) is 5.82 Å². The summed E-state index contributed by atoms with van der Waals surface area (Å²) < 4.78 is 19.7. The summed E-state index contributed by atoms with van der Waals surface area (Å²) in [6, 6.07) is 5.70. The first-order valence-corrected chi connectivity index (χ1v) is 8.51. The molecule has 1 aliphatic carbocycles. The first-order chi connectivity index (χ1) is 12.0. The third kappa shape index (κ3) is 3.10. The number of imide groups is 1. The van der Waals surface area contributed by atoms with Crippen molar-refractivity contribution >= 4 is 17.9 Å². The van der Waals surface area contributed by atoms with Crippen LogP contribution in [0.3, 0.4) is 0 Å². The van der Waals surface area contributed by atoms with E-state index >= 15 is 0 Å². The van der Waals surface area contributed by atoms with E-state index in [0.717, 1.165) is 17.7 Å². The Hall–Kier alpha value is -2.44. The molecule has 1 atom stereocenters. The molecule has 3 rings (SSSR count). The van der Waals surface area contributed by atoms with Crippen molar-refractivity contribution < 1.29 is 23.5 Å². The van der Waals surface area contributed by atoms with Crippen LogP contribution in [0.2, 0.25) is 0 Å². The van der Waals surface area contributed by atoms with Gasteiger partial charge in [-0.15, -0.1) is 0 Å². The van der Waals surface area contributed by atoms with Crippen molar-refractivity contribution in [3.63, 3.8) is 0 Å². The van der Waals surface area contributed by atoms with Crippen molar-refractivity contribution in [2.75, 3.05) is 13.1 Å². The number of nitrogens with one attached hydrogen (secondary N) is 1. The third-order valence-electron chi connectivity index (χ3n) is 4.99. The summed E-state index contributed by atoms with van der Waals surface area (Å²) in [5.74, 6) is -1.61. The van der Waals surface area contributed by atoms with E-state index in [2.05, 4.69) is 5.32 Å². The molecule has 25 heavy (non-hydrogen) atoms. The normalized spacial score (nSPS) is 20.2. The van der Waals surface area contributed by atoms with Gasteiger partial charge in [-0.3, -0.25) is 14.5 Å². The predicted octanol–water partition coefficient (Wildman–Crippen LogP) is 2.12. The lowest BCUT2D eigenvalue weighted by Crippen LogP contribution is -2.45. The summed E-state index contributed by atoms with van der Waals surface area (Å²) in [7, 11) is 0. The Morgan fingerprint density at radius 3 is 2.56 bits per heavy atom. The van der Waals surface area contributed by atoms with Gasteiger partial charge in [0.05, 0.1) is 5.41 Å². The van der Waals surface area contributed by atoms with Gasteiger partial charge < -0.3 is 10.1 Å². The highest BCUT2D eigenvalue weighted by Gasteiger charge is 2.47. The van der Waals surface area contributed by atoms with Gasteiger partial charge in [0.2, 0.25) is 0 Å². The molecule has 134 valence electrons. The van der Waals surface area contributed by atoms with Crippen molar-refractivity contribution in [3.05, 3.63) is 35.6 Å². The number of esters is 1. The number of ether oxygens (including phenoxy) is 1. The maximum absolute atomic E-state index is 14.3. The summed E-state index contributed by atoms with van der Waals surface area (Å²) in [4.78, 5) is 37.8. The fourth-order valence-corrected chi connectivity index (χ4v) is 3.64. The number of nitrogens with zero attached hydrogens (tertiary/aromatic N) is 1. The fourth-order valence-electron chi connectivity index (χ4n) is 3.64. The van der Waals surface area contributed by atoms with E-state index in [1.807, 2.05) is 0 Å². The lowest BCUT2D eigenvalue weighted by molar-refractivity contribution is -0.162. The minimum Gasteiger partial charge on any atom is -0.452 e. The van der Waals surface area contributed by atoms with Crippen LogP contribution in [0.15, 0.2) is 24.3 Å². The lowest BCUT2D eigenvalue weighted by Gasteiger charge is -2.29. The molecule has 1 saturated carbocycles. The van der Waals surface area contributed by atoms with Gasteiger partial charge in [-0.05, 0) is 25.8 Å². The highest BCUT2D eigenvalue weighted by molar-refractivity contribution is 5.98. The van der Waals surface area contributed by atoms with Crippen molar-refractivity contribution in [2.24, 2.45) is 0 Å². The number of carbonyl (C=O) groups is 3. The standard InChI is InChI=1S/C18H21FN2O4/c1-12(15(22)21-11-10-20-17(21)24)25-16(23)18(8-4-5-9-18)13-6-2-3-7-14(13)19/h2-3,6-7,12H,4-5,8-11H2,1H3,(H,20,24)/t12-/m1/s1. The average molecular weight is 348 g/mol. The number of halogens is 1. The number of hydrogen-bond acceptors (Lipinski definition) is 4. The SMILES string of the molecule is C[C@@H](OC(=O)C1(c2ccccc2F)CCCC1)C(=O)N1CCNC1=O. The second-order valence-corrected chi connectivity index (χ2v) is 6.54. The molecule has 2 aliphatic rings. The fraction of sp³-hybridized carbons (Fsp3) is 0.500. The molecule has 0 radical (unpaired) electrons. The molecule has 6 nitrogen and oxygen atoms in total. The molecular formula is C18H21FN2O4. The predicted molar refractivity (Wildman–Crippen MR) is 87.2 cm³/mol. The molecule has 2 fully saturated rings. The maximum atomic E-state index is 14.3. The van der Waals surface area contributed by atoms with Gasteiger partial charge in [-0.25, -0.2) is 9.18 Å². The van der Waals surface area contributed by atoms with Crippen LogP contribution in [0.1, 0.15) is 38.2 Å². The number of benzene rings is 1. The summed E-state index contributed by atoms with van der Waals surface area (Å²) in [5, 5.41) is 2.53. The monoisotopic (exact) mass is 348 g/mol. The van der Waals surface area contributed by atoms with E-state index in [1.54, 1.807) is 18.2 Å². The highest BCUT2D eigenvalue weighted by Crippen LogP contribution is 2.43. The smallest absolute Gasteiger partial charge is 0.324 e. The first kappa shape index (κ1) is 17.4. The van der Waals surface area contributed by atoms with E-state index in [4.69, 9.17) is 4.74 Å². The Morgan fingerprint density at radius 1 is 1.28 bits per heavy atom. The average Bonchev–Trinajstić information content (AvgIpc) is 3.24. The zero-order valence-electron chi connectivity index (χ0n) is 14.1. The molecule has 7 heteroatoms. The van der Waals surface area contributed by atoms with Crippen LogP contribution in [0, 0.1) is 5.82 Å². The Kier molecular flexibility index (Phi) is 4.74. The molecule has 1 N–H and O–H groups in total. The van der Waals surface area contributed by atoms with Gasteiger partial charge in [0.25, 0.3) is 5.91 Å². The van der Waals surface area contributed by atoms with Crippen LogP contribution in [-0.2, 0) is 19.7 Å². The molecule has 0 aromatic heterocycles. The van der Waals surface area contributed by atoms with Gasteiger partial charge in [-0.2, -0.15) is 0 Å². The quantitative estimate of drug-likeness (QED) is 0.846. The van der Waals surface area contributed by atoms with Crippen LogP contribution in [0.25, 0.3) is 0 Å². The number of carbonyl (C=O) groups excluding carboxylic acids is 3. The Balaban J connectivity index is 1.79. The molecule has 0 bridgehead atoms. The number of hydrogen-bond donors (Lipinski definition) is 1. The molecule has 1 aliphatic heterocycles. The summed E-state index contributed by atoms with van der Waals surface area (Å²) in [5.41, 5.74) is -0.747. The third-order valence-corrected chi connectivity index (χ3v) is 4.99. The molecule has 3 amide bonds. The molecule has 0 unspecified atom stereocenters. The van der Waals surface area contributed by atoms with Crippen molar-refractivity contribution in [1.82, 2.24) is 10.2 Å². The van der Waals surface area contributed by atoms with E-state index in [0.29, 0.717) is 24.9 Å². The van der Waals surface area contributed by atoms with Gasteiger partial charge in [-0.1, -0.05) is 31.0 Å². The number of amides is 3. The first-order valence-electron chi connectivity index (χ1n) is 8.51. The molecule has 1 aromatic rings. The van der Waals surface area contributed by atoms with Gasteiger partial charge in [0.15, 0.2) is 6.10 Å².